The normalized spacial score (nSPS) is 12.7. The van der Waals surface area contributed by atoms with Crippen molar-refractivity contribution in [1.29, 1.82) is 0 Å². The summed E-state index contributed by atoms with van der Waals surface area (Å²) in [4.78, 5) is 0. The molecule has 0 aliphatic rings. The molecule has 0 radical (unpaired) electrons. The van der Waals surface area contributed by atoms with Crippen LogP contribution in [0.3, 0.4) is 0 Å². The quantitative estimate of drug-likeness (QED) is 0.696. The first kappa shape index (κ1) is 14.7. The predicted molar refractivity (Wildman–Crippen MR) is 75.5 cm³/mol. The summed E-state index contributed by atoms with van der Waals surface area (Å²) in [5.41, 5.74) is 2.01. The van der Waals surface area contributed by atoms with Gasteiger partial charge in [-0.3, -0.25) is 0 Å². The van der Waals surface area contributed by atoms with Gasteiger partial charge >= 0.3 is 0 Å². The van der Waals surface area contributed by atoms with Gasteiger partial charge in [-0.05, 0) is 36.1 Å². The third-order valence-corrected chi connectivity index (χ3v) is 2.84. The summed E-state index contributed by atoms with van der Waals surface area (Å²) in [5.74, 6) is 0.260. The fourth-order valence-corrected chi connectivity index (χ4v) is 1.93. The Morgan fingerprint density at radius 1 is 1.28 bits per heavy atom. The van der Waals surface area contributed by atoms with E-state index in [-0.39, 0.29) is 18.4 Å². The minimum atomic E-state index is 0.154. The number of nitrogens with one attached hydrogen (secondary N) is 1. The van der Waals surface area contributed by atoms with Gasteiger partial charge in [0.2, 0.25) is 0 Å². The molecule has 0 aromatic heterocycles. The van der Waals surface area contributed by atoms with E-state index in [9.17, 15) is 5.11 Å². The summed E-state index contributed by atoms with van der Waals surface area (Å²) in [5, 5.41) is 21.7. The summed E-state index contributed by atoms with van der Waals surface area (Å²) >= 11 is 0. The van der Waals surface area contributed by atoms with E-state index in [0.29, 0.717) is 6.04 Å². The molecule has 0 saturated heterocycles. The molecule has 100 valence electrons. The van der Waals surface area contributed by atoms with E-state index in [2.05, 4.69) is 25.7 Å². The number of aromatic hydroxyl groups is 1. The van der Waals surface area contributed by atoms with Crippen LogP contribution in [0.5, 0.6) is 5.75 Å². The van der Waals surface area contributed by atoms with Crippen molar-refractivity contribution in [2.24, 2.45) is 0 Å². The van der Waals surface area contributed by atoms with Crippen molar-refractivity contribution in [3.05, 3.63) is 36.4 Å². The molecule has 3 nitrogen and oxygen atoms in total. The highest BCUT2D eigenvalue weighted by Crippen LogP contribution is 2.22. The van der Waals surface area contributed by atoms with Crippen molar-refractivity contribution in [3.63, 3.8) is 0 Å². The molecule has 0 aliphatic heterocycles. The minimum absolute atomic E-state index is 0.154. The summed E-state index contributed by atoms with van der Waals surface area (Å²) in [6.45, 7) is 8.52. The van der Waals surface area contributed by atoms with Crippen LogP contribution in [0.4, 0.5) is 0 Å². The van der Waals surface area contributed by atoms with Gasteiger partial charge in [0, 0.05) is 18.7 Å². The van der Waals surface area contributed by atoms with Gasteiger partial charge in [0.1, 0.15) is 5.75 Å². The van der Waals surface area contributed by atoms with Crippen LogP contribution in [0, 0.1) is 0 Å². The van der Waals surface area contributed by atoms with Gasteiger partial charge < -0.3 is 15.5 Å². The average Bonchev–Trinajstić information content (AvgIpc) is 2.34. The van der Waals surface area contributed by atoms with Crippen LogP contribution in [0.15, 0.2) is 30.8 Å². The smallest absolute Gasteiger partial charge is 0.115 e. The van der Waals surface area contributed by atoms with Crippen LogP contribution in [0.1, 0.15) is 32.3 Å². The Labute approximate surface area is 109 Å². The second-order valence-corrected chi connectivity index (χ2v) is 4.81. The molecule has 18 heavy (non-hydrogen) atoms. The van der Waals surface area contributed by atoms with Crippen molar-refractivity contribution in [3.8, 4) is 5.75 Å². The molecular formula is C15H23NO2. The van der Waals surface area contributed by atoms with Gasteiger partial charge in [0.05, 0.1) is 0 Å². The number of phenols is 1. The van der Waals surface area contributed by atoms with Crippen molar-refractivity contribution < 1.29 is 10.2 Å². The molecule has 0 fully saturated rings. The number of phenolic OH excluding ortho intramolecular Hbond substituents is 1. The number of hydrogen-bond acceptors (Lipinski definition) is 3. The lowest BCUT2D eigenvalue weighted by Gasteiger charge is -2.23. The van der Waals surface area contributed by atoms with E-state index < -0.39 is 0 Å². The molecule has 0 spiro atoms. The summed E-state index contributed by atoms with van der Waals surface area (Å²) in [6.07, 6.45) is 1.61. The van der Waals surface area contributed by atoms with Gasteiger partial charge in [0.25, 0.3) is 0 Å². The highest BCUT2D eigenvalue weighted by molar-refractivity contribution is 5.67. The lowest BCUT2D eigenvalue weighted by molar-refractivity contribution is 0.278. The minimum Gasteiger partial charge on any atom is -0.508 e. The van der Waals surface area contributed by atoms with Gasteiger partial charge in [-0.15, -0.1) is 0 Å². The zero-order valence-corrected chi connectivity index (χ0v) is 11.2. The maximum absolute atomic E-state index is 9.29. The molecule has 0 heterocycles. The Bertz CT molecular complexity index is 371. The van der Waals surface area contributed by atoms with Gasteiger partial charge in [-0.2, -0.15) is 0 Å². The van der Waals surface area contributed by atoms with E-state index >= 15 is 0 Å². The Kier molecular flexibility index (Phi) is 5.89. The number of hydrogen-bond donors (Lipinski definition) is 3. The third kappa shape index (κ3) is 4.51. The third-order valence-electron chi connectivity index (χ3n) is 2.84. The molecule has 0 amide bonds. The van der Waals surface area contributed by atoms with Crippen LogP contribution >= 0.6 is 0 Å². The van der Waals surface area contributed by atoms with E-state index in [0.717, 1.165) is 24.0 Å². The Morgan fingerprint density at radius 3 is 2.39 bits per heavy atom. The van der Waals surface area contributed by atoms with E-state index in [4.69, 9.17) is 5.11 Å². The summed E-state index contributed by atoms with van der Waals surface area (Å²) in [7, 11) is 0. The highest BCUT2D eigenvalue weighted by atomic mass is 16.3. The number of aliphatic hydroxyl groups excluding tert-OH is 1. The molecular weight excluding hydrogens is 226 g/mol. The molecule has 0 bridgehead atoms. The molecule has 1 aromatic carbocycles. The maximum Gasteiger partial charge on any atom is 0.115 e. The summed E-state index contributed by atoms with van der Waals surface area (Å²) in [6, 6.07) is 7.58. The first-order chi connectivity index (χ1) is 8.54. The predicted octanol–water partition coefficient (Wildman–Crippen LogP) is 2.54. The second-order valence-electron chi connectivity index (χ2n) is 4.81. The van der Waals surface area contributed by atoms with Crippen molar-refractivity contribution in [2.45, 2.75) is 38.8 Å². The first-order valence-corrected chi connectivity index (χ1v) is 6.39. The number of rotatable bonds is 7. The highest BCUT2D eigenvalue weighted by Gasteiger charge is 2.14. The lowest BCUT2D eigenvalue weighted by Crippen LogP contribution is -2.35. The lowest BCUT2D eigenvalue weighted by atomic mass is 9.96. The fourth-order valence-electron chi connectivity index (χ4n) is 1.93. The Balaban J connectivity index is 2.77. The van der Waals surface area contributed by atoms with E-state index in [1.165, 1.54) is 0 Å². The van der Waals surface area contributed by atoms with Crippen LogP contribution < -0.4 is 5.32 Å². The second kappa shape index (κ2) is 7.19. The van der Waals surface area contributed by atoms with E-state index in [1.807, 2.05) is 12.1 Å². The molecule has 1 atom stereocenters. The van der Waals surface area contributed by atoms with Crippen molar-refractivity contribution >= 4 is 5.57 Å². The fraction of sp³-hybridized carbons (Fsp3) is 0.467. The topological polar surface area (TPSA) is 52.5 Å². The molecule has 1 unspecified atom stereocenters. The van der Waals surface area contributed by atoms with E-state index in [1.54, 1.807) is 12.1 Å². The van der Waals surface area contributed by atoms with Gasteiger partial charge in [-0.1, -0.05) is 32.6 Å². The molecule has 1 rings (SSSR count). The Hall–Kier alpha value is -1.32. The largest absolute Gasteiger partial charge is 0.508 e. The van der Waals surface area contributed by atoms with Crippen molar-refractivity contribution in [1.82, 2.24) is 5.32 Å². The number of aliphatic hydroxyl groups is 1. The van der Waals surface area contributed by atoms with Crippen LogP contribution in [-0.2, 0) is 0 Å². The first-order valence-electron chi connectivity index (χ1n) is 6.39. The van der Waals surface area contributed by atoms with Crippen LogP contribution in [-0.4, -0.2) is 28.9 Å². The zero-order valence-electron chi connectivity index (χ0n) is 11.2. The summed E-state index contributed by atoms with van der Waals surface area (Å²) < 4.78 is 0. The number of benzene rings is 1. The monoisotopic (exact) mass is 249 g/mol. The molecule has 0 aliphatic carbocycles. The van der Waals surface area contributed by atoms with Crippen molar-refractivity contribution in [2.75, 3.05) is 6.61 Å². The van der Waals surface area contributed by atoms with Crippen LogP contribution in [0.25, 0.3) is 5.57 Å². The average molecular weight is 249 g/mol. The van der Waals surface area contributed by atoms with Gasteiger partial charge in [-0.25, -0.2) is 0 Å². The molecule has 1 aromatic rings. The SMILES string of the molecule is C=C(c1ccc(O)cc1)C(CCCO)NC(C)C. The van der Waals surface area contributed by atoms with Gasteiger partial charge in [0.15, 0.2) is 0 Å². The molecule has 3 N–H and O–H groups in total. The standard InChI is InChI=1S/C15H23NO2/c1-11(2)16-15(5-4-10-17)12(3)13-6-8-14(18)9-7-13/h6-9,11,15-18H,3-5,10H2,1-2H3. The Morgan fingerprint density at radius 2 is 1.89 bits per heavy atom. The van der Waals surface area contributed by atoms with Crippen LogP contribution in [0.2, 0.25) is 0 Å². The molecule has 3 heteroatoms. The molecule has 0 saturated carbocycles. The zero-order chi connectivity index (χ0) is 13.5. The maximum atomic E-state index is 9.29.